The first-order valence-electron chi connectivity index (χ1n) is 11.1. The topological polar surface area (TPSA) is 107 Å². The monoisotopic (exact) mass is 506 g/mol. The van der Waals surface area contributed by atoms with Crippen LogP contribution in [0.3, 0.4) is 0 Å². The molecule has 0 fully saturated rings. The number of likely N-dealkylation sites (N-methyl/N-ethyl adjacent to an activating group) is 1. The van der Waals surface area contributed by atoms with E-state index >= 15 is 0 Å². The summed E-state index contributed by atoms with van der Waals surface area (Å²) in [5, 5.41) is 2.72. The van der Waals surface area contributed by atoms with Crippen LogP contribution in [0.2, 0.25) is 0 Å². The number of carbonyl (C=O) groups excluding carboxylic acids is 2. The zero-order valence-electron chi connectivity index (χ0n) is 20.1. The van der Waals surface area contributed by atoms with E-state index in [4.69, 9.17) is 15.2 Å². The molecule has 0 saturated heterocycles. The lowest BCUT2D eigenvalue weighted by molar-refractivity contribution is -0.120. The van der Waals surface area contributed by atoms with Gasteiger partial charge in [-0.25, -0.2) is 0 Å². The number of hydrogen-bond donors (Lipinski definition) is 2. The van der Waals surface area contributed by atoms with Gasteiger partial charge in [-0.1, -0.05) is 30.0 Å². The maximum absolute atomic E-state index is 13.1. The number of nitrogens with zero attached hydrogens (tertiary/aromatic N) is 2. The first-order chi connectivity index (χ1) is 16.7. The van der Waals surface area contributed by atoms with Crippen LogP contribution in [0.1, 0.15) is 29.9 Å². The Labute approximate surface area is 216 Å². The van der Waals surface area contributed by atoms with Crippen molar-refractivity contribution in [2.75, 3.05) is 18.6 Å². The molecule has 2 heterocycles. The predicted octanol–water partition coefficient (Wildman–Crippen LogP) is 3.54. The Balaban J connectivity index is 0.00000361. The van der Waals surface area contributed by atoms with Crippen molar-refractivity contribution in [2.24, 2.45) is 5.73 Å². The van der Waals surface area contributed by atoms with Gasteiger partial charge >= 0.3 is 0 Å². The van der Waals surface area contributed by atoms with Gasteiger partial charge in [0.2, 0.25) is 0 Å². The number of amides is 2. The van der Waals surface area contributed by atoms with E-state index in [9.17, 15) is 9.59 Å². The first kappa shape index (κ1) is 26.5. The highest BCUT2D eigenvalue weighted by Crippen LogP contribution is 2.31. The molecule has 3 N–H and O–H groups in total. The minimum absolute atomic E-state index is 0. The van der Waals surface area contributed by atoms with Gasteiger partial charge in [0.05, 0.1) is 11.2 Å². The number of anilines is 1. The van der Waals surface area contributed by atoms with Crippen molar-refractivity contribution < 1.29 is 19.1 Å². The summed E-state index contributed by atoms with van der Waals surface area (Å²) >= 11 is 0. The molecular formula is C27H27ClN4O4. The lowest BCUT2D eigenvalue weighted by atomic mass is 10.1. The maximum Gasteiger partial charge on any atom is 0.270 e. The molecule has 0 saturated carbocycles. The molecule has 2 amide bonds. The molecule has 0 radical (unpaired) electrons. The highest BCUT2D eigenvalue weighted by atomic mass is 35.5. The van der Waals surface area contributed by atoms with Crippen LogP contribution < -0.4 is 25.4 Å². The number of fused-ring (bicyclic) bond motifs is 1. The van der Waals surface area contributed by atoms with Gasteiger partial charge in [0.25, 0.3) is 11.8 Å². The van der Waals surface area contributed by atoms with Gasteiger partial charge in [-0.05, 0) is 50.2 Å². The van der Waals surface area contributed by atoms with Gasteiger partial charge in [0, 0.05) is 24.9 Å². The highest BCUT2D eigenvalue weighted by Gasteiger charge is 2.31. The SMILES string of the molecule is CN1C(=O)C(NC(=O)c2cc(Oc3ccccc3)ccn2)COc2ccc(C#CC(C)(C)N)cc21.Cl. The molecule has 4 rings (SSSR count). The highest BCUT2D eigenvalue weighted by molar-refractivity contribution is 6.03. The summed E-state index contributed by atoms with van der Waals surface area (Å²) in [6.45, 7) is 3.60. The number of pyridine rings is 1. The standard InChI is InChI=1S/C27H26N4O4.ClH/c1-27(2,28)13-11-18-9-10-24-23(15-18)31(3)26(33)22(17-34-24)30-25(32)21-16-20(12-14-29-21)35-19-7-5-4-6-8-19;/h4-10,12,14-16,22H,17,28H2,1-3H3,(H,30,32);1H. The van der Waals surface area contributed by atoms with Crippen LogP contribution in [-0.2, 0) is 4.79 Å². The van der Waals surface area contributed by atoms with E-state index < -0.39 is 17.5 Å². The number of carbonyl (C=O) groups is 2. The minimum Gasteiger partial charge on any atom is -0.489 e. The number of aromatic nitrogens is 1. The molecule has 186 valence electrons. The number of rotatable bonds is 4. The van der Waals surface area contributed by atoms with Crippen LogP contribution >= 0.6 is 12.4 Å². The molecule has 0 aliphatic carbocycles. The normalized spacial score (nSPS) is 14.7. The summed E-state index contributed by atoms with van der Waals surface area (Å²) in [6.07, 6.45) is 1.48. The van der Waals surface area contributed by atoms with E-state index in [0.717, 1.165) is 0 Å². The van der Waals surface area contributed by atoms with E-state index in [-0.39, 0.29) is 30.6 Å². The summed E-state index contributed by atoms with van der Waals surface area (Å²) in [4.78, 5) is 31.6. The largest absolute Gasteiger partial charge is 0.489 e. The predicted molar refractivity (Wildman–Crippen MR) is 140 cm³/mol. The number of nitrogens with one attached hydrogen (secondary N) is 1. The van der Waals surface area contributed by atoms with Gasteiger partial charge in [0.15, 0.2) is 0 Å². The van der Waals surface area contributed by atoms with Crippen molar-refractivity contribution >= 4 is 29.9 Å². The summed E-state index contributed by atoms with van der Waals surface area (Å²) in [5.41, 5.74) is 6.68. The summed E-state index contributed by atoms with van der Waals surface area (Å²) < 4.78 is 11.6. The Morgan fingerprint density at radius 2 is 1.92 bits per heavy atom. The first-order valence-corrected chi connectivity index (χ1v) is 11.1. The van der Waals surface area contributed by atoms with Crippen molar-refractivity contribution in [2.45, 2.75) is 25.4 Å². The van der Waals surface area contributed by atoms with Crippen LogP contribution in [0.5, 0.6) is 17.2 Å². The van der Waals surface area contributed by atoms with E-state index in [2.05, 4.69) is 22.1 Å². The fourth-order valence-corrected chi connectivity index (χ4v) is 3.37. The Hall–Kier alpha value is -4.06. The molecule has 1 atom stereocenters. The lowest BCUT2D eigenvalue weighted by Crippen LogP contribution is -2.49. The zero-order valence-corrected chi connectivity index (χ0v) is 21.0. The van der Waals surface area contributed by atoms with E-state index in [1.165, 1.54) is 17.2 Å². The molecule has 3 aromatic rings. The molecule has 36 heavy (non-hydrogen) atoms. The zero-order chi connectivity index (χ0) is 25.0. The van der Waals surface area contributed by atoms with Crippen molar-refractivity contribution in [3.8, 4) is 29.1 Å². The lowest BCUT2D eigenvalue weighted by Gasteiger charge is -2.20. The third-order valence-electron chi connectivity index (χ3n) is 5.13. The van der Waals surface area contributed by atoms with Crippen molar-refractivity contribution in [3.05, 3.63) is 78.1 Å². The third kappa shape index (κ3) is 6.54. The second kappa shape index (κ2) is 11.1. The van der Waals surface area contributed by atoms with Gasteiger partial charge in [-0.2, -0.15) is 0 Å². The maximum atomic E-state index is 13.1. The van der Waals surface area contributed by atoms with Gasteiger partial charge < -0.3 is 25.4 Å². The quantitative estimate of drug-likeness (QED) is 0.524. The molecule has 8 nitrogen and oxygen atoms in total. The van der Waals surface area contributed by atoms with Crippen LogP contribution in [0.15, 0.2) is 66.9 Å². The fourth-order valence-electron chi connectivity index (χ4n) is 3.37. The fraction of sp³-hybridized carbons (Fsp3) is 0.222. The smallest absolute Gasteiger partial charge is 0.270 e. The average Bonchev–Trinajstić information content (AvgIpc) is 2.95. The molecule has 2 aromatic carbocycles. The number of halogens is 1. The molecule has 9 heteroatoms. The number of hydrogen-bond acceptors (Lipinski definition) is 6. The van der Waals surface area contributed by atoms with Crippen LogP contribution in [0.25, 0.3) is 0 Å². The van der Waals surface area contributed by atoms with E-state index in [1.807, 2.05) is 44.2 Å². The van der Waals surface area contributed by atoms with Crippen molar-refractivity contribution in [3.63, 3.8) is 0 Å². The summed E-state index contributed by atoms with van der Waals surface area (Å²) in [5.74, 6) is 6.77. The second-order valence-electron chi connectivity index (χ2n) is 8.68. The van der Waals surface area contributed by atoms with E-state index in [1.54, 1.807) is 31.3 Å². The Kier molecular flexibility index (Phi) is 8.20. The Morgan fingerprint density at radius 3 is 2.64 bits per heavy atom. The van der Waals surface area contributed by atoms with Gasteiger partial charge in [-0.15, -0.1) is 12.4 Å². The number of para-hydroxylation sites is 1. The Morgan fingerprint density at radius 1 is 1.17 bits per heavy atom. The van der Waals surface area contributed by atoms with Crippen molar-refractivity contribution in [1.82, 2.24) is 10.3 Å². The number of ether oxygens (including phenoxy) is 2. The second-order valence-corrected chi connectivity index (χ2v) is 8.68. The van der Waals surface area contributed by atoms with E-state index in [0.29, 0.717) is 28.5 Å². The minimum atomic E-state index is -0.905. The molecule has 1 unspecified atom stereocenters. The molecule has 1 aromatic heterocycles. The van der Waals surface area contributed by atoms with Gasteiger partial charge in [-0.3, -0.25) is 14.6 Å². The molecule has 1 aliphatic rings. The van der Waals surface area contributed by atoms with Crippen LogP contribution in [0, 0.1) is 11.8 Å². The number of benzene rings is 2. The van der Waals surface area contributed by atoms with Crippen LogP contribution in [0.4, 0.5) is 5.69 Å². The Bertz CT molecular complexity index is 1310. The molecule has 0 spiro atoms. The van der Waals surface area contributed by atoms with Crippen molar-refractivity contribution in [1.29, 1.82) is 0 Å². The van der Waals surface area contributed by atoms with Crippen LogP contribution in [-0.4, -0.2) is 42.0 Å². The average molecular weight is 507 g/mol. The number of nitrogens with two attached hydrogens (primary N) is 1. The molecular weight excluding hydrogens is 480 g/mol. The van der Waals surface area contributed by atoms with Gasteiger partial charge in [0.1, 0.15) is 35.6 Å². The summed E-state index contributed by atoms with van der Waals surface area (Å²) in [7, 11) is 1.63. The molecule has 1 aliphatic heterocycles. The molecule has 0 bridgehead atoms. The third-order valence-corrected chi connectivity index (χ3v) is 5.13. The summed E-state index contributed by atoms with van der Waals surface area (Å²) in [6, 6.07) is 16.8.